The zero-order valence-electron chi connectivity index (χ0n) is 20.1. The van der Waals surface area contributed by atoms with Gasteiger partial charge >= 0.3 is 0 Å². The number of hydrogen-bond donors (Lipinski definition) is 1. The van der Waals surface area contributed by atoms with Crippen LogP contribution in [0.4, 0.5) is 5.69 Å². The van der Waals surface area contributed by atoms with Crippen LogP contribution in [0.5, 0.6) is 11.5 Å². The number of hydrogen-bond acceptors (Lipinski definition) is 5. The SMILES string of the molecule is COc1ccc2cc([C@H](C)C(=O)Nc3cc(C(=O)N4CCN(C)CC4)ccc3OC)ccc2c1. The second-order valence-electron chi connectivity index (χ2n) is 8.69. The zero-order valence-corrected chi connectivity index (χ0v) is 20.1. The predicted octanol–water partition coefficient (Wildman–Crippen LogP) is 3.99. The number of fused-ring (bicyclic) bond motifs is 1. The predicted molar refractivity (Wildman–Crippen MR) is 134 cm³/mol. The number of rotatable bonds is 6. The van der Waals surface area contributed by atoms with Crippen molar-refractivity contribution in [3.63, 3.8) is 0 Å². The molecule has 1 atom stereocenters. The molecule has 1 N–H and O–H groups in total. The Hall–Kier alpha value is -3.58. The number of carbonyl (C=O) groups excluding carboxylic acids is 2. The van der Waals surface area contributed by atoms with Crippen molar-refractivity contribution >= 4 is 28.3 Å². The van der Waals surface area contributed by atoms with Crippen LogP contribution in [0.2, 0.25) is 0 Å². The Morgan fingerprint density at radius 2 is 1.59 bits per heavy atom. The molecule has 1 fully saturated rings. The molecule has 7 heteroatoms. The molecule has 7 nitrogen and oxygen atoms in total. The third kappa shape index (κ3) is 4.99. The van der Waals surface area contributed by atoms with Gasteiger partial charge in [-0.1, -0.05) is 24.3 Å². The normalized spacial score (nSPS) is 15.1. The first-order valence-electron chi connectivity index (χ1n) is 11.4. The molecule has 0 spiro atoms. The number of amides is 2. The van der Waals surface area contributed by atoms with E-state index in [1.807, 2.05) is 48.2 Å². The molecule has 0 radical (unpaired) electrons. The van der Waals surface area contributed by atoms with Gasteiger partial charge in [-0.15, -0.1) is 0 Å². The van der Waals surface area contributed by atoms with E-state index in [0.29, 0.717) is 30.1 Å². The maximum absolute atomic E-state index is 13.1. The van der Waals surface area contributed by atoms with Crippen LogP contribution < -0.4 is 14.8 Å². The molecule has 0 unspecified atom stereocenters. The van der Waals surface area contributed by atoms with E-state index in [1.165, 1.54) is 0 Å². The molecule has 4 rings (SSSR count). The maximum Gasteiger partial charge on any atom is 0.254 e. The Kier molecular flexibility index (Phi) is 7.03. The highest BCUT2D eigenvalue weighted by atomic mass is 16.5. The van der Waals surface area contributed by atoms with Crippen molar-refractivity contribution in [2.24, 2.45) is 0 Å². The van der Waals surface area contributed by atoms with Gasteiger partial charge in [-0.05, 0) is 60.6 Å². The van der Waals surface area contributed by atoms with Gasteiger partial charge in [0, 0.05) is 31.7 Å². The smallest absolute Gasteiger partial charge is 0.254 e. The van der Waals surface area contributed by atoms with Crippen molar-refractivity contribution in [1.29, 1.82) is 0 Å². The first-order valence-corrected chi connectivity index (χ1v) is 11.4. The Morgan fingerprint density at radius 3 is 2.29 bits per heavy atom. The van der Waals surface area contributed by atoms with E-state index >= 15 is 0 Å². The molecular formula is C27H31N3O4. The van der Waals surface area contributed by atoms with E-state index in [9.17, 15) is 9.59 Å². The van der Waals surface area contributed by atoms with E-state index < -0.39 is 5.92 Å². The first kappa shape index (κ1) is 23.6. The van der Waals surface area contributed by atoms with E-state index in [2.05, 4.69) is 17.3 Å². The molecule has 1 heterocycles. The summed E-state index contributed by atoms with van der Waals surface area (Å²) in [5, 5.41) is 5.05. The van der Waals surface area contributed by atoms with Crippen LogP contribution >= 0.6 is 0 Å². The highest BCUT2D eigenvalue weighted by Crippen LogP contribution is 2.29. The van der Waals surface area contributed by atoms with Crippen LogP contribution in [0, 0.1) is 0 Å². The fourth-order valence-electron chi connectivity index (χ4n) is 4.16. The third-order valence-corrected chi connectivity index (χ3v) is 6.46. The summed E-state index contributed by atoms with van der Waals surface area (Å²) in [5.41, 5.74) is 1.93. The number of nitrogens with zero attached hydrogens (tertiary/aromatic N) is 2. The Labute approximate surface area is 200 Å². The van der Waals surface area contributed by atoms with Crippen LogP contribution in [0.25, 0.3) is 10.8 Å². The molecule has 0 saturated carbocycles. The lowest BCUT2D eigenvalue weighted by Gasteiger charge is -2.32. The summed E-state index contributed by atoms with van der Waals surface area (Å²) >= 11 is 0. The monoisotopic (exact) mass is 461 g/mol. The summed E-state index contributed by atoms with van der Waals surface area (Å²) in [6.45, 7) is 4.94. The van der Waals surface area contributed by atoms with Crippen molar-refractivity contribution in [2.45, 2.75) is 12.8 Å². The van der Waals surface area contributed by atoms with Gasteiger partial charge < -0.3 is 24.6 Å². The molecule has 0 aliphatic carbocycles. The largest absolute Gasteiger partial charge is 0.497 e. The molecule has 0 bridgehead atoms. The molecular weight excluding hydrogens is 430 g/mol. The number of anilines is 1. The summed E-state index contributed by atoms with van der Waals surface area (Å²) in [5.74, 6) is 0.707. The van der Waals surface area contributed by atoms with Crippen molar-refractivity contribution in [3.05, 3.63) is 65.7 Å². The van der Waals surface area contributed by atoms with Gasteiger partial charge in [0.25, 0.3) is 5.91 Å². The van der Waals surface area contributed by atoms with Gasteiger partial charge in [0.15, 0.2) is 0 Å². The van der Waals surface area contributed by atoms with Crippen LogP contribution in [-0.2, 0) is 4.79 Å². The van der Waals surface area contributed by atoms with Crippen molar-refractivity contribution < 1.29 is 19.1 Å². The number of ether oxygens (including phenoxy) is 2. The van der Waals surface area contributed by atoms with Crippen LogP contribution in [0.3, 0.4) is 0 Å². The lowest BCUT2D eigenvalue weighted by molar-refractivity contribution is -0.117. The molecule has 3 aromatic rings. The molecule has 1 aliphatic heterocycles. The van der Waals surface area contributed by atoms with Crippen LogP contribution in [0.1, 0.15) is 28.8 Å². The fourth-order valence-corrected chi connectivity index (χ4v) is 4.16. The van der Waals surface area contributed by atoms with Crippen molar-refractivity contribution in [3.8, 4) is 11.5 Å². The molecule has 2 amide bonds. The summed E-state index contributed by atoms with van der Waals surface area (Å²) in [7, 11) is 5.24. The third-order valence-electron chi connectivity index (χ3n) is 6.46. The second-order valence-corrected chi connectivity index (χ2v) is 8.69. The molecule has 178 valence electrons. The maximum atomic E-state index is 13.1. The lowest BCUT2D eigenvalue weighted by Crippen LogP contribution is -2.47. The van der Waals surface area contributed by atoms with Gasteiger partial charge in [0.2, 0.25) is 5.91 Å². The summed E-state index contributed by atoms with van der Waals surface area (Å²) in [4.78, 5) is 30.2. The van der Waals surface area contributed by atoms with E-state index in [1.54, 1.807) is 32.4 Å². The first-order chi connectivity index (χ1) is 16.4. The average molecular weight is 462 g/mol. The van der Waals surface area contributed by atoms with Gasteiger partial charge in [-0.25, -0.2) is 0 Å². The van der Waals surface area contributed by atoms with Gasteiger partial charge in [-0.3, -0.25) is 9.59 Å². The summed E-state index contributed by atoms with van der Waals surface area (Å²) in [6, 6.07) is 17.0. The van der Waals surface area contributed by atoms with Crippen LogP contribution in [-0.4, -0.2) is 69.1 Å². The Bertz CT molecular complexity index is 1200. The summed E-state index contributed by atoms with van der Waals surface area (Å²) < 4.78 is 10.7. The van der Waals surface area contributed by atoms with Crippen molar-refractivity contribution in [1.82, 2.24) is 9.80 Å². The summed E-state index contributed by atoms with van der Waals surface area (Å²) in [6.07, 6.45) is 0. The lowest BCUT2D eigenvalue weighted by atomic mass is 9.97. The molecule has 0 aromatic heterocycles. The highest BCUT2D eigenvalue weighted by Gasteiger charge is 2.23. The van der Waals surface area contributed by atoms with Gasteiger partial charge in [0.1, 0.15) is 11.5 Å². The van der Waals surface area contributed by atoms with Gasteiger partial charge in [-0.2, -0.15) is 0 Å². The number of likely N-dealkylation sites (N-methyl/N-ethyl adjacent to an activating group) is 1. The fraction of sp³-hybridized carbons (Fsp3) is 0.333. The zero-order chi connectivity index (χ0) is 24.2. The van der Waals surface area contributed by atoms with Crippen molar-refractivity contribution in [2.75, 3.05) is 52.8 Å². The molecule has 1 saturated heterocycles. The molecule has 34 heavy (non-hydrogen) atoms. The van der Waals surface area contributed by atoms with E-state index in [0.717, 1.165) is 35.2 Å². The highest BCUT2D eigenvalue weighted by molar-refractivity contribution is 6.00. The Balaban J connectivity index is 1.52. The number of nitrogens with one attached hydrogen (secondary N) is 1. The van der Waals surface area contributed by atoms with Crippen LogP contribution in [0.15, 0.2) is 54.6 Å². The number of piperazine rings is 1. The second kappa shape index (κ2) is 10.1. The topological polar surface area (TPSA) is 71.1 Å². The molecule has 3 aromatic carbocycles. The van der Waals surface area contributed by atoms with E-state index in [-0.39, 0.29) is 11.8 Å². The standard InChI is InChI=1S/C27H31N3O4/c1-18(19-5-6-21-16-23(33-3)9-7-20(21)15-19)26(31)28-24-17-22(8-10-25(24)34-4)27(32)30-13-11-29(2)12-14-30/h5-10,15-18H,11-14H2,1-4H3,(H,28,31)/t18-/m0/s1. The minimum Gasteiger partial charge on any atom is -0.497 e. The number of benzene rings is 3. The number of methoxy groups -OCH3 is 2. The van der Waals surface area contributed by atoms with Gasteiger partial charge in [0.05, 0.1) is 25.8 Å². The Morgan fingerprint density at radius 1 is 0.882 bits per heavy atom. The number of carbonyl (C=O) groups is 2. The minimum atomic E-state index is -0.395. The molecule has 1 aliphatic rings. The minimum absolute atomic E-state index is 0.0377. The quantitative estimate of drug-likeness (QED) is 0.601. The average Bonchev–Trinajstić information content (AvgIpc) is 2.87. The van der Waals surface area contributed by atoms with E-state index in [4.69, 9.17) is 9.47 Å².